The Morgan fingerprint density at radius 3 is 0.944 bits per heavy atom. The zero-order valence-electron chi connectivity index (χ0n) is 8.73. The number of carbonyl (C=O) groups is 4. The second kappa shape index (κ2) is 6.63. The Bertz CT molecular complexity index is 385. The second-order valence-corrected chi connectivity index (χ2v) is 2.60. The molecule has 0 amide bonds. The minimum atomic E-state index is -0.188. The molecule has 0 aliphatic heterocycles. The highest BCUT2D eigenvalue weighted by atomic mass is 16.6. The molecule has 0 unspecified atom stereocenters. The summed E-state index contributed by atoms with van der Waals surface area (Å²) in [7, 11) is 0. The normalized spacial score (nSPS) is 8.89. The van der Waals surface area contributed by atoms with Crippen LogP contribution in [0.1, 0.15) is 0 Å². The fourth-order valence-electron chi connectivity index (χ4n) is 1.10. The van der Waals surface area contributed by atoms with Crippen molar-refractivity contribution in [1.82, 2.24) is 0 Å². The quantitative estimate of drug-likeness (QED) is 0.588. The predicted molar refractivity (Wildman–Crippen MR) is 53.2 cm³/mol. The van der Waals surface area contributed by atoms with Crippen molar-refractivity contribution >= 4 is 25.9 Å². The lowest BCUT2D eigenvalue weighted by atomic mass is 10.2. The van der Waals surface area contributed by atoms with Crippen LogP contribution in [0.3, 0.4) is 0 Å². The summed E-state index contributed by atoms with van der Waals surface area (Å²) in [5.41, 5.74) is 0. The van der Waals surface area contributed by atoms with E-state index in [1.54, 1.807) is 0 Å². The Kier molecular flexibility index (Phi) is 4.85. The zero-order chi connectivity index (χ0) is 13.4. The highest BCUT2D eigenvalue weighted by molar-refractivity contribution is 5.65. The van der Waals surface area contributed by atoms with E-state index >= 15 is 0 Å². The third-order valence-corrected chi connectivity index (χ3v) is 1.71. The summed E-state index contributed by atoms with van der Waals surface area (Å²) in [4.78, 5) is 41.0. The fraction of sp³-hybridized carbons (Fsp3) is 0. The Morgan fingerprint density at radius 2 is 0.778 bits per heavy atom. The molecule has 0 aliphatic rings. The first-order valence-corrected chi connectivity index (χ1v) is 4.36. The molecule has 0 bridgehead atoms. The van der Waals surface area contributed by atoms with Crippen molar-refractivity contribution in [2.45, 2.75) is 0 Å². The zero-order valence-corrected chi connectivity index (χ0v) is 8.73. The monoisotopic (exact) mass is 254 g/mol. The van der Waals surface area contributed by atoms with Crippen LogP contribution in [0, 0.1) is 0 Å². The maximum atomic E-state index is 10.2. The van der Waals surface area contributed by atoms with Gasteiger partial charge in [-0.2, -0.15) is 0 Å². The number of hydrogen-bond donors (Lipinski definition) is 0. The average molecular weight is 254 g/mol. The van der Waals surface area contributed by atoms with Crippen LogP contribution in [0.4, 0.5) is 0 Å². The van der Waals surface area contributed by atoms with E-state index in [-0.39, 0.29) is 48.9 Å². The van der Waals surface area contributed by atoms with E-state index in [1.165, 1.54) is 0 Å². The van der Waals surface area contributed by atoms with E-state index in [0.717, 1.165) is 12.1 Å². The standard InChI is InChI=1S/C10H6O8/c11-3-15-7-1-8(16-4-12)10(18-6-14)2-9(7)17-5-13/h1-6H. The van der Waals surface area contributed by atoms with Gasteiger partial charge in [0.2, 0.25) is 0 Å². The molecule has 0 aliphatic carbocycles. The number of rotatable bonds is 8. The van der Waals surface area contributed by atoms with Crippen LogP contribution >= 0.6 is 0 Å². The minimum Gasteiger partial charge on any atom is -0.425 e. The van der Waals surface area contributed by atoms with Crippen molar-refractivity contribution in [1.29, 1.82) is 0 Å². The number of carbonyl (C=O) groups excluding carboxylic acids is 4. The fourth-order valence-corrected chi connectivity index (χ4v) is 1.10. The molecule has 0 atom stereocenters. The first-order chi connectivity index (χ1) is 8.76. The van der Waals surface area contributed by atoms with Crippen LogP contribution in [0.5, 0.6) is 23.0 Å². The first-order valence-electron chi connectivity index (χ1n) is 4.36. The van der Waals surface area contributed by atoms with E-state index in [1.807, 2.05) is 0 Å². The molecule has 0 saturated heterocycles. The third kappa shape index (κ3) is 3.04. The van der Waals surface area contributed by atoms with Crippen molar-refractivity contribution in [2.75, 3.05) is 0 Å². The number of ether oxygens (including phenoxy) is 4. The molecule has 0 fully saturated rings. The van der Waals surface area contributed by atoms with E-state index in [2.05, 4.69) is 18.9 Å². The van der Waals surface area contributed by atoms with Gasteiger partial charge in [-0.1, -0.05) is 0 Å². The van der Waals surface area contributed by atoms with E-state index in [9.17, 15) is 19.2 Å². The topological polar surface area (TPSA) is 105 Å². The molecule has 0 spiro atoms. The molecule has 18 heavy (non-hydrogen) atoms. The van der Waals surface area contributed by atoms with Gasteiger partial charge in [0, 0.05) is 12.1 Å². The molecule has 1 aromatic carbocycles. The first kappa shape index (κ1) is 13.2. The maximum Gasteiger partial charge on any atom is 0.298 e. The second-order valence-electron chi connectivity index (χ2n) is 2.60. The van der Waals surface area contributed by atoms with Gasteiger partial charge in [-0.15, -0.1) is 0 Å². The molecule has 0 radical (unpaired) electrons. The maximum absolute atomic E-state index is 10.2. The molecular weight excluding hydrogens is 248 g/mol. The molecule has 0 aromatic heterocycles. The van der Waals surface area contributed by atoms with Gasteiger partial charge in [-0.25, -0.2) is 0 Å². The minimum absolute atomic E-state index is 0.0813. The van der Waals surface area contributed by atoms with Gasteiger partial charge in [0.25, 0.3) is 25.9 Å². The van der Waals surface area contributed by atoms with Gasteiger partial charge in [-0.3, -0.25) is 19.2 Å². The van der Waals surface area contributed by atoms with E-state index < -0.39 is 0 Å². The molecule has 0 heterocycles. The van der Waals surface area contributed by atoms with Gasteiger partial charge in [0.05, 0.1) is 0 Å². The number of benzene rings is 1. The smallest absolute Gasteiger partial charge is 0.298 e. The lowest BCUT2D eigenvalue weighted by Gasteiger charge is -2.10. The van der Waals surface area contributed by atoms with Crippen LogP contribution in [0.15, 0.2) is 12.1 Å². The molecule has 0 N–H and O–H groups in total. The summed E-state index contributed by atoms with van der Waals surface area (Å²) in [5.74, 6) is -0.751. The van der Waals surface area contributed by atoms with E-state index in [4.69, 9.17) is 0 Å². The molecule has 8 nitrogen and oxygen atoms in total. The number of hydrogen-bond acceptors (Lipinski definition) is 8. The van der Waals surface area contributed by atoms with Crippen LogP contribution in [0.2, 0.25) is 0 Å². The summed E-state index contributed by atoms with van der Waals surface area (Å²) in [6, 6.07) is 2.08. The SMILES string of the molecule is O=COc1cc(OC=O)c(OC=O)cc1OC=O. The largest absolute Gasteiger partial charge is 0.425 e. The van der Waals surface area contributed by atoms with E-state index in [0.29, 0.717) is 0 Å². The highest BCUT2D eigenvalue weighted by Crippen LogP contribution is 2.39. The predicted octanol–water partition coefficient (Wildman–Crippen LogP) is -0.173. The molecule has 1 rings (SSSR count). The van der Waals surface area contributed by atoms with Gasteiger partial charge < -0.3 is 18.9 Å². The Hall–Kier alpha value is -2.90. The highest BCUT2D eigenvalue weighted by Gasteiger charge is 2.15. The van der Waals surface area contributed by atoms with Crippen LogP contribution in [0.25, 0.3) is 0 Å². The van der Waals surface area contributed by atoms with Crippen LogP contribution in [-0.2, 0) is 19.2 Å². The van der Waals surface area contributed by atoms with Crippen molar-refractivity contribution in [3.05, 3.63) is 12.1 Å². The molecule has 94 valence electrons. The Balaban J connectivity index is 3.27. The van der Waals surface area contributed by atoms with Crippen molar-refractivity contribution in [2.24, 2.45) is 0 Å². The average Bonchev–Trinajstić information content (AvgIpc) is 2.35. The molecule has 1 aromatic rings. The summed E-state index contributed by atoms with van der Waals surface area (Å²) in [5, 5.41) is 0. The lowest BCUT2D eigenvalue weighted by molar-refractivity contribution is -0.123. The lowest BCUT2D eigenvalue weighted by Crippen LogP contribution is -2.00. The van der Waals surface area contributed by atoms with Gasteiger partial charge in [-0.05, 0) is 0 Å². The third-order valence-electron chi connectivity index (χ3n) is 1.71. The summed E-state index contributed by atoms with van der Waals surface area (Å²) >= 11 is 0. The summed E-state index contributed by atoms with van der Waals surface area (Å²) in [6.07, 6.45) is 0. The van der Waals surface area contributed by atoms with Crippen molar-refractivity contribution < 1.29 is 38.1 Å². The summed E-state index contributed by atoms with van der Waals surface area (Å²) in [6.45, 7) is 0.325. The van der Waals surface area contributed by atoms with Crippen molar-refractivity contribution in [3.8, 4) is 23.0 Å². The molecular formula is C10H6O8. The molecule has 8 heteroatoms. The summed E-state index contributed by atoms with van der Waals surface area (Å²) < 4.78 is 18.0. The van der Waals surface area contributed by atoms with Gasteiger partial charge in [0.15, 0.2) is 23.0 Å². The Morgan fingerprint density at radius 1 is 0.556 bits per heavy atom. The molecule has 0 saturated carbocycles. The van der Waals surface area contributed by atoms with Crippen LogP contribution in [-0.4, -0.2) is 25.9 Å². The van der Waals surface area contributed by atoms with Crippen LogP contribution < -0.4 is 18.9 Å². The Labute approximate surface area is 100.0 Å². The van der Waals surface area contributed by atoms with Gasteiger partial charge in [0.1, 0.15) is 0 Å². The van der Waals surface area contributed by atoms with Crippen molar-refractivity contribution in [3.63, 3.8) is 0 Å². The van der Waals surface area contributed by atoms with Gasteiger partial charge >= 0.3 is 0 Å².